The van der Waals surface area contributed by atoms with Crippen LogP contribution in [0.2, 0.25) is 0 Å². The van der Waals surface area contributed by atoms with Crippen molar-refractivity contribution in [2.75, 3.05) is 0 Å². The third kappa shape index (κ3) is 4.26. The van der Waals surface area contributed by atoms with Gasteiger partial charge in [0.15, 0.2) is 5.78 Å². The van der Waals surface area contributed by atoms with Crippen molar-refractivity contribution in [3.63, 3.8) is 0 Å². The summed E-state index contributed by atoms with van der Waals surface area (Å²) in [6, 6.07) is 0. The number of ether oxygens (including phenoxy) is 1. The number of Topliss-reactive ketones (excluding diaryl/α,β-unsaturated/α-hetero) is 2. The summed E-state index contributed by atoms with van der Waals surface area (Å²) in [6.07, 6.45) is 0.776. The molecule has 3 saturated carbocycles. The van der Waals surface area contributed by atoms with Crippen molar-refractivity contribution in [1.29, 1.82) is 0 Å². The Kier molecular flexibility index (Phi) is 7.40. The highest BCUT2D eigenvalue weighted by molar-refractivity contribution is 5.90. The van der Waals surface area contributed by atoms with Crippen LogP contribution < -0.4 is 0 Å². The van der Waals surface area contributed by atoms with E-state index in [1.807, 2.05) is 27.7 Å². The molecule has 3 fully saturated rings. The van der Waals surface area contributed by atoms with Crippen LogP contribution in [0.5, 0.6) is 0 Å². The lowest BCUT2D eigenvalue weighted by Gasteiger charge is -2.65. The number of aliphatic hydroxyl groups is 4. The predicted octanol–water partition coefficient (Wildman–Crippen LogP) is 3.52. The average Bonchev–Trinajstić information content (AvgIpc) is 3.01. The summed E-state index contributed by atoms with van der Waals surface area (Å²) in [5.41, 5.74) is -4.68. The molecule has 0 aromatic rings. The van der Waals surface area contributed by atoms with E-state index in [1.165, 1.54) is 13.8 Å². The molecule has 0 spiro atoms. The molecule has 8 heteroatoms. The molecule has 4 aliphatic carbocycles. The van der Waals surface area contributed by atoms with E-state index in [0.29, 0.717) is 19.3 Å². The van der Waals surface area contributed by atoms with Gasteiger partial charge in [-0.3, -0.25) is 14.4 Å². The molecule has 8 nitrogen and oxygen atoms in total. The molecule has 0 radical (unpaired) electrons. The van der Waals surface area contributed by atoms with E-state index in [4.69, 9.17) is 4.74 Å². The minimum absolute atomic E-state index is 0.0193. The summed E-state index contributed by atoms with van der Waals surface area (Å²) >= 11 is 0. The summed E-state index contributed by atoms with van der Waals surface area (Å²) in [6.45, 7) is 16.1. The highest BCUT2D eigenvalue weighted by Gasteiger charge is 2.74. The molecule has 0 amide bonds. The molecule has 4 N–H and O–H groups in total. The van der Waals surface area contributed by atoms with Gasteiger partial charge >= 0.3 is 5.97 Å². The second-order valence-corrected chi connectivity index (χ2v) is 15.4. The fourth-order valence-electron chi connectivity index (χ4n) is 9.83. The van der Waals surface area contributed by atoms with E-state index in [1.54, 1.807) is 13.8 Å². The number of fused-ring (bicyclic) bond motifs is 5. The Morgan fingerprint density at radius 1 is 1.02 bits per heavy atom. The van der Waals surface area contributed by atoms with E-state index in [-0.39, 0.29) is 36.9 Å². The Hall–Kier alpha value is -1.61. The molecule has 226 valence electrons. The summed E-state index contributed by atoms with van der Waals surface area (Å²) in [5.74, 6) is -2.15. The van der Waals surface area contributed by atoms with Gasteiger partial charge in [-0.05, 0) is 69.1 Å². The zero-order chi connectivity index (χ0) is 30.4. The lowest BCUT2D eigenvalue weighted by atomic mass is 9.38. The zero-order valence-corrected chi connectivity index (χ0v) is 25.7. The SMILES string of the molecule is CC(=O)OC(C)(C)CCC(=O)[C@](C)(O)C1[C@H](O)C[C@@]2(C)C3CC=C4C(C[C@H](O)[C@@H](O)C4(C)C)[C@]3(C)C(=O)C[C@]12C. The summed E-state index contributed by atoms with van der Waals surface area (Å²) < 4.78 is 5.32. The van der Waals surface area contributed by atoms with Gasteiger partial charge in [0.1, 0.15) is 17.0 Å². The van der Waals surface area contributed by atoms with Gasteiger partial charge in [-0.2, -0.15) is 0 Å². The Bertz CT molecular complexity index is 1120. The van der Waals surface area contributed by atoms with Crippen LogP contribution in [0.1, 0.15) is 101 Å². The van der Waals surface area contributed by atoms with Crippen LogP contribution in [0.3, 0.4) is 0 Å². The number of hydrogen-bond acceptors (Lipinski definition) is 8. The topological polar surface area (TPSA) is 141 Å². The van der Waals surface area contributed by atoms with Gasteiger partial charge in [-0.15, -0.1) is 0 Å². The second kappa shape index (κ2) is 9.45. The van der Waals surface area contributed by atoms with Gasteiger partial charge in [0, 0.05) is 36.5 Å². The van der Waals surface area contributed by atoms with Crippen LogP contribution in [0, 0.1) is 39.4 Å². The van der Waals surface area contributed by atoms with Gasteiger partial charge < -0.3 is 25.2 Å². The van der Waals surface area contributed by atoms with E-state index < -0.39 is 68.8 Å². The highest BCUT2D eigenvalue weighted by atomic mass is 16.6. The number of ketones is 2. The second-order valence-electron chi connectivity index (χ2n) is 15.4. The maximum absolute atomic E-state index is 14.3. The van der Waals surface area contributed by atoms with Crippen LogP contribution in [0.4, 0.5) is 0 Å². The van der Waals surface area contributed by atoms with Crippen molar-refractivity contribution in [2.45, 2.75) is 130 Å². The minimum Gasteiger partial charge on any atom is -0.460 e. The van der Waals surface area contributed by atoms with Gasteiger partial charge in [0.2, 0.25) is 0 Å². The Morgan fingerprint density at radius 3 is 2.20 bits per heavy atom. The van der Waals surface area contributed by atoms with Crippen LogP contribution in [-0.4, -0.2) is 67.5 Å². The van der Waals surface area contributed by atoms with Crippen molar-refractivity contribution in [3.05, 3.63) is 11.6 Å². The molecule has 0 aliphatic heterocycles. The molecule has 0 aromatic carbocycles. The Labute approximate surface area is 238 Å². The molecule has 0 heterocycles. The molecule has 10 atom stereocenters. The van der Waals surface area contributed by atoms with Gasteiger partial charge in [-0.25, -0.2) is 0 Å². The molecule has 40 heavy (non-hydrogen) atoms. The number of carbonyl (C=O) groups is 3. The standard InChI is InChI=1S/C32H50O8/c1-17(33)40-27(2,3)13-12-23(36)32(9,39)25-21(35)15-29(6)22-11-10-18-19(14-20(34)26(38)28(18,4)5)31(22,8)24(37)16-30(25,29)7/h10,19-22,25-26,34-35,38-39H,11-16H2,1-9H3/t19?,20-,21+,22?,25?,26+,29-,30+,31-,32-/m0/s1. The van der Waals surface area contributed by atoms with Crippen molar-refractivity contribution in [3.8, 4) is 0 Å². The van der Waals surface area contributed by atoms with Crippen molar-refractivity contribution >= 4 is 17.5 Å². The smallest absolute Gasteiger partial charge is 0.303 e. The first-order chi connectivity index (χ1) is 18.1. The van der Waals surface area contributed by atoms with Gasteiger partial charge in [-0.1, -0.05) is 46.3 Å². The first kappa shape index (κ1) is 31.3. The van der Waals surface area contributed by atoms with Crippen molar-refractivity contribution in [1.82, 2.24) is 0 Å². The number of esters is 1. The van der Waals surface area contributed by atoms with Crippen molar-refractivity contribution < 1.29 is 39.5 Å². The molecule has 4 rings (SSSR count). The number of carbonyl (C=O) groups excluding carboxylic acids is 3. The lowest BCUT2D eigenvalue weighted by molar-refractivity contribution is -0.188. The van der Waals surface area contributed by atoms with Gasteiger partial charge in [0.25, 0.3) is 0 Å². The monoisotopic (exact) mass is 562 g/mol. The van der Waals surface area contributed by atoms with Crippen LogP contribution in [0.15, 0.2) is 11.6 Å². The molecule has 0 aromatic heterocycles. The summed E-state index contributed by atoms with van der Waals surface area (Å²) in [5, 5.41) is 45.0. The third-order valence-electron chi connectivity index (χ3n) is 12.2. The fraction of sp³-hybridized carbons (Fsp3) is 0.844. The molecule has 4 aliphatic rings. The molecule has 0 bridgehead atoms. The van der Waals surface area contributed by atoms with Crippen molar-refractivity contribution in [2.24, 2.45) is 39.4 Å². The van der Waals surface area contributed by atoms with Crippen LogP contribution in [0.25, 0.3) is 0 Å². The molecular weight excluding hydrogens is 512 g/mol. The predicted molar refractivity (Wildman–Crippen MR) is 149 cm³/mol. The van der Waals surface area contributed by atoms with E-state index in [9.17, 15) is 34.8 Å². The quantitative estimate of drug-likeness (QED) is 0.285. The van der Waals surface area contributed by atoms with Crippen LogP contribution in [-0.2, 0) is 19.1 Å². The first-order valence-corrected chi connectivity index (χ1v) is 14.8. The normalized spacial score (nSPS) is 44.0. The summed E-state index contributed by atoms with van der Waals surface area (Å²) in [4.78, 5) is 39.4. The zero-order valence-electron chi connectivity index (χ0n) is 25.7. The third-order valence-corrected chi connectivity index (χ3v) is 12.2. The maximum Gasteiger partial charge on any atom is 0.303 e. The Balaban J connectivity index is 1.70. The van der Waals surface area contributed by atoms with Crippen LogP contribution >= 0.6 is 0 Å². The van der Waals surface area contributed by atoms with Gasteiger partial charge in [0.05, 0.1) is 18.3 Å². The molecule has 0 saturated heterocycles. The number of allylic oxidation sites excluding steroid dienone is 1. The first-order valence-electron chi connectivity index (χ1n) is 14.8. The molecule has 3 unspecified atom stereocenters. The lowest BCUT2D eigenvalue weighted by Crippen LogP contribution is -2.65. The van der Waals surface area contributed by atoms with E-state index >= 15 is 0 Å². The average molecular weight is 563 g/mol. The summed E-state index contributed by atoms with van der Waals surface area (Å²) in [7, 11) is 0. The number of aliphatic hydroxyl groups excluding tert-OH is 3. The Morgan fingerprint density at radius 2 is 1.62 bits per heavy atom. The fourth-order valence-corrected chi connectivity index (χ4v) is 9.83. The van der Waals surface area contributed by atoms with E-state index in [0.717, 1.165) is 5.57 Å². The largest absolute Gasteiger partial charge is 0.460 e. The number of rotatable bonds is 6. The maximum atomic E-state index is 14.3. The minimum atomic E-state index is -1.89. The number of hydrogen-bond donors (Lipinski definition) is 4. The molecular formula is C32H50O8. The highest BCUT2D eigenvalue weighted by Crippen LogP contribution is 2.74. The van der Waals surface area contributed by atoms with E-state index in [2.05, 4.69) is 13.0 Å².